The molecular formula is C14H26N2O3. The molecule has 1 heterocycles. The van der Waals surface area contributed by atoms with Gasteiger partial charge in [0, 0.05) is 6.54 Å². The van der Waals surface area contributed by atoms with E-state index in [0.717, 1.165) is 25.7 Å². The maximum Gasteiger partial charge on any atom is 0.324 e. The lowest BCUT2D eigenvalue weighted by molar-refractivity contribution is -0.151. The van der Waals surface area contributed by atoms with Crippen LogP contribution < -0.4 is 5.32 Å². The number of hydrogen-bond donors (Lipinski definition) is 2. The van der Waals surface area contributed by atoms with Crippen LogP contribution in [0.4, 0.5) is 0 Å². The van der Waals surface area contributed by atoms with Crippen LogP contribution in [0.25, 0.3) is 0 Å². The summed E-state index contributed by atoms with van der Waals surface area (Å²) in [7, 11) is 0. The number of nitrogens with zero attached hydrogens (tertiary/aromatic N) is 1. The summed E-state index contributed by atoms with van der Waals surface area (Å²) < 4.78 is 0. The molecule has 1 aliphatic heterocycles. The minimum absolute atomic E-state index is 0.0583. The van der Waals surface area contributed by atoms with Gasteiger partial charge in [-0.3, -0.25) is 14.5 Å². The number of amides is 1. The highest BCUT2D eigenvalue weighted by molar-refractivity contribution is 5.82. The molecule has 110 valence electrons. The van der Waals surface area contributed by atoms with Gasteiger partial charge in [0.2, 0.25) is 5.91 Å². The van der Waals surface area contributed by atoms with Crippen LogP contribution in [-0.2, 0) is 9.59 Å². The molecule has 5 nitrogen and oxygen atoms in total. The van der Waals surface area contributed by atoms with Crippen molar-refractivity contribution in [2.24, 2.45) is 0 Å². The molecule has 0 aromatic rings. The van der Waals surface area contributed by atoms with Crippen molar-refractivity contribution in [1.29, 1.82) is 0 Å². The van der Waals surface area contributed by atoms with Crippen molar-refractivity contribution in [1.82, 2.24) is 10.2 Å². The number of nitrogens with one attached hydrogen (secondary N) is 1. The highest BCUT2D eigenvalue weighted by atomic mass is 16.4. The van der Waals surface area contributed by atoms with Crippen LogP contribution in [-0.4, -0.2) is 47.1 Å². The molecule has 2 N–H and O–H groups in total. The van der Waals surface area contributed by atoms with Crippen LogP contribution in [0.15, 0.2) is 0 Å². The second-order valence-corrected chi connectivity index (χ2v) is 5.32. The number of unbranched alkanes of at least 4 members (excludes halogenated alkanes) is 1. The molecule has 0 aliphatic carbocycles. The molecule has 1 fully saturated rings. The first-order valence-electron chi connectivity index (χ1n) is 7.32. The SMILES string of the molecule is CCCCNC(=O)CN1CCCC1(CCC)C(=O)O. The van der Waals surface area contributed by atoms with E-state index in [2.05, 4.69) is 12.2 Å². The summed E-state index contributed by atoms with van der Waals surface area (Å²) in [6, 6.07) is 0. The molecule has 1 atom stereocenters. The normalized spacial score (nSPS) is 23.5. The topological polar surface area (TPSA) is 69.6 Å². The Morgan fingerprint density at radius 3 is 2.63 bits per heavy atom. The molecule has 1 saturated heterocycles. The number of likely N-dealkylation sites (tertiary alicyclic amines) is 1. The van der Waals surface area contributed by atoms with Gasteiger partial charge in [0.15, 0.2) is 0 Å². The Morgan fingerprint density at radius 2 is 2.05 bits per heavy atom. The second-order valence-electron chi connectivity index (χ2n) is 5.32. The van der Waals surface area contributed by atoms with Crippen molar-refractivity contribution < 1.29 is 14.7 Å². The average Bonchev–Trinajstić information content (AvgIpc) is 2.74. The number of rotatable bonds is 8. The number of carboxylic acid groups (broad SMARTS) is 1. The van der Waals surface area contributed by atoms with E-state index in [1.807, 2.05) is 11.8 Å². The Kier molecular flexibility index (Phi) is 6.28. The van der Waals surface area contributed by atoms with Gasteiger partial charge < -0.3 is 10.4 Å². The molecule has 0 radical (unpaired) electrons. The average molecular weight is 270 g/mol. The maximum absolute atomic E-state index is 11.8. The van der Waals surface area contributed by atoms with Crippen molar-refractivity contribution in [2.45, 2.75) is 57.9 Å². The summed E-state index contributed by atoms with van der Waals surface area (Å²) >= 11 is 0. The van der Waals surface area contributed by atoms with Gasteiger partial charge in [-0.15, -0.1) is 0 Å². The smallest absolute Gasteiger partial charge is 0.324 e. The molecular weight excluding hydrogens is 244 g/mol. The van der Waals surface area contributed by atoms with E-state index in [0.29, 0.717) is 25.9 Å². The Bertz CT molecular complexity index is 320. The van der Waals surface area contributed by atoms with Crippen LogP contribution in [0, 0.1) is 0 Å². The molecule has 1 rings (SSSR count). The molecule has 0 saturated carbocycles. The van der Waals surface area contributed by atoms with E-state index in [1.165, 1.54) is 0 Å². The highest BCUT2D eigenvalue weighted by Gasteiger charge is 2.47. The standard InChI is InChI=1S/C14H26N2O3/c1-3-5-9-15-12(17)11-16-10-6-8-14(16,7-4-2)13(18)19/h3-11H2,1-2H3,(H,15,17)(H,18,19). The van der Waals surface area contributed by atoms with Crippen molar-refractivity contribution in [3.8, 4) is 0 Å². The Balaban J connectivity index is 2.59. The fourth-order valence-corrected chi connectivity index (χ4v) is 2.84. The van der Waals surface area contributed by atoms with E-state index in [9.17, 15) is 14.7 Å². The fourth-order valence-electron chi connectivity index (χ4n) is 2.84. The number of aliphatic carboxylic acids is 1. The minimum atomic E-state index is -0.823. The van der Waals surface area contributed by atoms with Gasteiger partial charge in [0.1, 0.15) is 5.54 Å². The van der Waals surface area contributed by atoms with Crippen LogP contribution in [0.1, 0.15) is 52.4 Å². The monoisotopic (exact) mass is 270 g/mol. The molecule has 0 bridgehead atoms. The highest BCUT2D eigenvalue weighted by Crippen LogP contribution is 2.33. The summed E-state index contributed by atoms with van der Waals surface area (Å²) in [6.07, 6.45) is 4.95. The fraction of sp³-hybridized carbons (Fsp3) is 0.857. The lowest BCUT2D eigenvalue weighted by atomic mass is 9.90. The van der Waals surface area contributed by atoms with E-state index >= 15 is 0 Å². The van der Waals surface area contributed by atoms with Gasteiger partial charge in [-0.05, 0) is 32.2 Å². The summed E-state index contributed by atoms with van der Waals surface area (Å²) in [5, 5.41) is 12.4. The number of carbonyl (C=O) groups excluding carboxylic acids is 1. The van der Waals surface area contributed by atoms with Crippen LogP contribution in [0.3, 0.4) is 0 Å². The Hall–Kier alpha value is -1.10. The van der Waals surface area contributed by atoms with Gasteiger partial charge in [-0.25, -0.2) is 0 Å². The Morgan fingerprint density at radius 1 is 1.32 bits per heavy atom. The molecule has 0 spiro atoms. The predicted molar refractivity (Wildman–Crippen MR) is 74.0 cm³/mol. The van der Waals surface area contributed by atoms with Gasteiger partial charge in [-0.1, -0.05) is 26.7 Å². The molecule has 0 aromatic heterocycles. The summed E-state index contributed by atoms with van der Waals surface area (Å²) in [5.74, 6) is -0.842. The second kappa shape index (κ2) is 7.48. The van der Waals surface area contributed by atoms with E-state index in [1.54, 1.807) is 0 Å². The molecule has 1 amide bonds. The van der Waals surface area contributed by atoms with Crippen LogP contribution >= 0.6 is 0 Å². The third-order valence-electron chi connectivity index (χ3n) is 3.87. The molecule has 0 aromatic carbocycles. The lowest BCUT2D eigenvalue weighted by Gasteiger charge is -2.34. The van der Waals surface area contributed by atoms with Crippen molar-refractivity contribution in [3.63, 3.8) is 0 Å². The summed E-state index contributed by atoms with van der Waals surface area (Å²) in [6.45, 7) is 5.65. The zero-order valence-electron chi connectivity index (χ0n) is 12.1. The van der Waals surface area contributed by atoms with Gasteiger partial charge in [0.05, 0.1) is 6.54 Å². The maximum atomic E-state index is 11.8. The summed E-state index contributed by atoms with van der Waals surface area (Å²) in [4.78, 5) is 25.3. The first-order chi connectivity index (χ1) is 9.06. The van der Waals surface area contributed by atoms with Gasteiger partial charge in [-0.2, -0.15) is 0 Å². The molecule has 1 aliphatic rings. The quantitative estimate of drug-likeness (QED) is 0.658. The minimum Gasteiger partial charge on any atom is -0.480 e. The largest absolute Gasteiger partial charge is 0.480 e. The first-order valence-corrected chi connectivity index (χ1v) is 7.32. The van der Waals surface area contributed by atoms with Gasteiger partial charge in [0.25, 0.3) is 0 Å². The van der Waals surface area contributed by atoms with Crippen molar-refractivity contribution in [2.75, 3.05) is 19.6 Å². The molecule has 19 heavy (non-hydrogen) atoms. The third kappa shape index (κ3) is 3.93. The molecule has 1 unspecified atom stereocenters. The predicted octanol–water partition coefficient (Wildman–Crippen LogP) is 1.62. The lowest BCUT2D eigenvalue weighted by Crippen LogP contribution is -2.53. The Labute approximate surface area is 115 Å². The third-order valence-corrected chi connectivity index (χ3v) is 3.87. The first kappa shape index (κ1) is 16.0. The zero-order valence-corrected chi connectivity index (χ0v) is 12.1. The zero-order chi connectivity index (χ0) is 14.3. The molecule has 5 heteroatoms. The van der Waals surface area contributed by atoms with Crippen LogP contribution in [0.2, 0.25) is 0 Å². The number of hydrogen-bond acceptors (Lipinski definition) is 3. The number of carboxylic acids is 1. The van der Waals surface area contributed by atoms with Crippen molar-refractivity contribution in [3.05, 3.63) is 0 Å². The number of carbonyl (C=O) groups is 2. The summed E-state index contributed by atoms with van der Waals surface area (Å²) in [5.41, 5.74) is -0.823. The van der Waals surface area contributed by atoms with E-state index < -0.39 is 11.5 Å². The van der Waals surface area contributed by atoms with Crippen LogP contribution in [0.5, 0.6) is 0 Å². The van der Waals surface area contributed by atoms with E-state index in [-0.39, 0.29) is 12.5 Å². The van der Waals surface area contributed by atoms with E-state index in [4.69, 9.17) is 0 Å². The van der Waals surface area contributed by atoms with Gasteiger partial charge >= 0.3 is 5.97 Å². The van der Waals surface area contributed by atoms with Crippen molar-refractivity contribution >= 4 is 11.9 Å².